The van der Waals surface area contributed by atoms with Crippen molar-refractivity contribution in [2.45, 2.75) is 0 Å². The van der Waals surface area contributed by atoms with Gasteiger partial charge in [-0.05, 0) is 48.5 Å². The first-order chi connectivity index (χ1) is 25.8. The van der Waals surface area contributed by atoms with E-state index in [2.05, 4.69) is 167 Å². The number of furan rings is 2. The molecule has 12 rings (SSSR count). The molecule has 8 aromatic carbocycles. The number of nitrogens with zero attached hydrogens (tertiary/aromatic N) is 2. The highest BCUT2D eigenvalue weighted by Crippen LogP contribution is 2.45. The summed E-state index contributed by atoms with van der Waals surface area (Å²) in [6.45, 7) is 0. The zero-order chi connectivity index (χ0) is 33.9. The molecule has 52 heavy (non-hydrogen) atoms. The van der Waals surface area contributed by atoms with Crippen LogP contribution in [0.5, 0.6) is 0 Å². The van der Waals surface area contributed by atoms with Gasteiger partial charge in [-0.25, -0.2) is 0 Å². The summed E-state index contributed by atoms with van der Waals surface area (Å²) < 4.78 is 18.2. The highest BCUT2D eigenvalue weighted by Gasteiger charge is 2.24. The molecule has 242 valence electrons. The van der Waals surface area contributed by atoms with E-state index < -0.39 is 0 Å². The van der Waals surface area contributed by atoms with Crippen LogP contribution in [0.3, 0.4) is 0 Å². The van der Waals surface area contributed by atoms with E-state index in [1.54, 1.807) is 0 Å². The van der Waals surface area contributed by atoms with Gasteiger partial charge in [0.25, 0.3) is 0 Å². The lowest BCUT2D eigenvalue weighted by molar-refractivity contribution is 0.670. The van der Waals surface area contributed by atoms with Crippen LogP contribution in [0.1, 0.15) is 0 Å². The molecule has 0 atom stereocenters. The molecule has 0 bridgehead atoms. The third-order valence-electron chi connectivity index (χ3n) is 10.9. The Labute approximate surface area is 296 Å². The maximum absolute atomic E-state index is 6.71. The van der Waals surface area contributed by atoms with E-state index in [4.69, 9.17) is 8.83 Å². The summed E-state index contributed by atoms with van der Waals surface area (Å²) in [6.07, 6.45) is 0. The van der Waals surface area contributed by atoms with E-state index >= 15 is 0 Å². The topological polar surface area (TPSA) is 36.1 Å². The Morgan fingerprint density at radius 3 is 1.13 bits per heavy atom. The second-order valence-electron chi connectivity index (χ2n) is 13.6. The third kappa shape index (κ3) is 3.60. The monoisotopic (exact) mass is 664 g/mol. The van der Waals surface area contributed by atoms with E-state index in [0.29, 0.717) is 0 Å². The van der Waals surface area contributed by atoms with Crippen molar-refractivity contribution in [3.05, 3.63) is 170 Å². The van der Waals surface area contributed by atoms with Gasteiger partial charge in [0.1, 0.15) is 11.2 Å². The number of para-hydroxylation sites is 6. The first-order valence-electron chi connectivity index (χ1n) is 17.7. The minimum absolute atomic E-state index is 0.892. The molecule has 0 amide bonds. The Morgan fingerprint density at radius 2 is 0.654 bits per heavy atom. The fourth-order valence-electron chi connectivity index (χ4n) is 8.75. The lowest BCUT2D eigenvalue weighted by atomic mass is 10.0. The molecular formula is C48H28N2O2. The molecule has 0 unspecified atom stereocenters. The minimum atomic E-state index is 0.892. The number of fused-ring (bicyclic) bond motifs is 14. The van der Waals surface area contributed by atoms with E-state index in [1.165, 1.54) is 21.5 Å². The maximum Gasteiger partial charge on any atom is 0.160 e. The maximum atomic E-state index is 6.71. The van der Waals surface area contributed by atoms with Gasteiger partial charge < -0.3 is 18.0 Å². The highest BCUT2D eigenvalue weighted by molar-refractivity contribution is 6.23. The largest absolute Gasteiger partial charge is 0.454 e. The van der Waals surface area contributed by atoms with Gasteiger partial charge in [0, 0.05) is 54.2 Å². The van der Waals surface area contributed by atoms with Gasteiger partial charge in [0.15, 0.2) is 11.2 Å². The third-order valence-corrected chi connectivity index (χ3v) is 10.9. The lowest BCUT2D eigenvalue weighted by Crippen LogP contribution is -2.01. The fraction of sp³-hybridized carbons (Fsp3) is 0. The Hall–Kier alpha value is -7.04. The predicted octanol–water partition coefficient (Wildman–Crippen LogP) is 13.3. The zero-order valence-electron chi connectivity index (χ0n) is 27.9. The van der Waals surface area contributed by atoms with Crippen LogP contribution in [0.25, 0.3) is 110 Å². The standard InChI is InChI=1S/C48H28N2O2/c1-7-19-39(49-41-21-9-3-15-31(41)35-25-27-37-33-17-5-11-23-43(33)51-47(37)45(35)49)29(13-1)30-14-2-8-20-40(30)50-42-22-10-4-16-32(42)36-26-28-38-34-18-6-12-24-44(34)52-48(38)46(36)50/h1-28H. The molecule has 0 radical (unpaired) electrons. The molecule has 0 fully saturated rings. The summed E-state index contributed by atoms with van der Waals surface area (Å²) >= 11 is 0. The van der Waals surface area contributed by atoms with E-state index in [9.17, 15) is 0 Å². The Bertz CT molecular complexity index is 3190. The first kappa shape index (κ1) is 27.7. The molecule has 0 aliphatic rings. The zero-order valence-corrected chi connectivity index (χ0v) is 27.9. The summed E-state index contributed by atoms with van der Waals surface area (Å²) in [5.41, 5.74) is 12.4. The normalized spacial score (nSPS) is 12.2. The van der Waals surface area contributed by atoms with Gasteiger partial charge in [-0.3, -0.25) is 0 Å². The summed E-state index contributed by atoms with van der Waals surface area (Å²) in [5, 5.41) is 9.20. The van der Waals surface area contributed by atoms with E-state index in [0.717, 1.165) is 88.4 Å². The van der Waals surface area contributed by atoms with Crippen molar-refractivity contribution >= 4 is 87.5 Å². The second-order valence-corrected chi connectivity index (χ2v) is 13.6. The van der Waals surface area contributed by atoms with Gasteiger partial charge >= 0.3 is 0 Å². The van der Waals surface area contributed by atoms with Crippen molar-refractivity contribution in [2.75, 3.05) is 0 Å². The Morgan fingerprint density at radius 1 is 0.288 bits per heavy atom. The van der Waals surface area contributed by atoms with Crippen LogP contribution in [-0.4, -0.2) is 9.13 Å². The van der Waals surface area contributed by atoms with Gasteiger partial charge in [0.05, 0.1) is 33.4 Å². The van der Waals surface area contributed by atoms with Gasteiger partial charge in [-0.15, -0.1) is 0 Å². The van der Waals surface area contributed by atoms with Crippen LogP contribution in [-0.2, 0) is 0 Å². The van der Waals surface area contributed by atoms with Crippen LogP contribution in [0.15, 0.2) is 179 Å². The van der Waals surface area contributed by atoms with Crippen molar-refractivity contribution in [1.82, 2.24) is 9.13 Å². The number of hydrogen-bond acceptors (Lipinski definition) is 2. The molecule has 0 saturated heterocycles. The summed E-state index contributed by atoms with van der Waals surface area (Å²) in [6, 6.07) is 60.5. The van der Waals surface area contributed by atoms with E-state index in [-0.39, 0.29) is 0 Å². The van der Waals surface area contributed by atoms with Crippen molar-refractivity contribution < 1.29 is 8.83 Å². The number of aromatic nitrogens is 2. The molecule has 0 spiro atoms. The smallest absolute Gasteiger partial charge is 0.160 e. The molecule has 4 nitrogen and oxygen atoms in total. The SMILES string of the molecule is c1ccc(-n2c3ccccc3c3ccc4c5ccccc5oc4c32)c(-c2ccccc2-n2c3ccccc3c3ccc4c5ccccc5oc4c32)c1. The number of rotatable bonds is 3. The molecule has 4 heterocycles. The van der Waals surface area contributed by atoms with Crippen LogP contribution in [0, 0.1) is 0 Å². The molecule has 12 aromatic rings. The fourth-order valence-corrected chi connectivity index (χ4v) is 8.75. The van der Waals surface area contributed by atoms with Gasteiger partial charge in [-0.2, -0.15) is 0 Å². The quantitative estimate of drug-likeness (QED) is 0.188. The van der Waals surface area contributed by atoms with Crippen LogP contribution in [0.2, 0.25) is 0 Å². The average molecular weight is 665 g/mol. The minimum Gasteiger partial charge on any atom is -0.454 e. The van der Waals surface area contributed by atoms with Gasteiger partial charge in [0.2, 0.25) is 0 Å². The number of benzene rings is 8. The Balaban J connectivity index is 1.20. The highest BCUT2D eigenvalue weighted by atomic mass is 16.3. The number of hydrogen-bond donors (Lipinski definition) is 0. The lowest BCUT2D eigenvalue weighted by Gasteiger charge is -2.18. The molecule has 4 aromatic heterocycles. The molecule has 0 saturated carbocycles. The molecule has 0 aliphatic carbocycles. The molecule has 0 N–H and O–H groups in total. The predicted molar refractivity (Wildman–Crippen MR) is 215 cm³/mol. The Kier molecular flexibility index (Phi) is 5.47. The summed E-state index contributed by atoms with van der Waals surface area (Å²) in [7, 11) is 0. The average Bonchev–Trinajstić information content (AvgIpc) is 3.95. The summed E-state index contributed by atoms with van der Waals surface area (Å²) in [5.74, 6) is 0. The molecule has 0 aliphatic heterocycles. The van der Waals surface area contributed by atoms with Crippen LogP contribution in [0.4, 0.5) is 0 Å². The van der Waals surface area contributed by atoms with E-state index in [1.807, 2.05) is 12.1 Å². The van der Waals surface area contributed by atoms with Gasteiger partial charge in [-0.1, -0.05) is 121 Å². The van der Waals surface area contributed by atoms with Crippen molar-refractivity contribution in [3.8, 4) is 22.5 Å². The first-order valence-corrected chi connectivity index (χ1v) is 17.7. The summed E-state index contributed by atoms with van der Waals surface area (Å²) in [4.78, 5) is 0. The molecular weight excluding hydrogens is 637 g/mol. The van der Waals surface area contributed by atoms with Crippen molar-refractivity contribution in [2.24, 2.45) is 0 Å². The van der Waals surface area contributed by atoms with Crippen LogP contribution < -0.4 is 0 Å². The van der Waals surface area contributed by atoms with Crippen LogP contribution >= 0.6 is 0 Å². The second kappa shape index (κ2) is 10.3. The molecule has 4 heteroatoms. The van der Waals surface area contributed by atoms with Crippen molar-refractivity contribution in [3.63, 3.8) is 0 Å². The van der Waals surface area contributed by atoms with Crippen molar-refractivity contribution in [1.29, 1.82) is 0 Å².